The molecule has 0 spiro atoms. The number of carbonyl (C=O) groups is 2. The minimum absolute atomic E-state index is 0.0424. The summed E-state index contributed by atoms with van der Waals surface area (Å²) in [7, 11) is 0. The topological polar surface area (TPSA) is 76.7 Å². The first-order valence-electron chi connectivity index (χ1n) is 7.65. The number of hydrogen-bond acceptors (Lipinski definition) is 4. The van der Waals surface area contributed by atoms with Crippen LogP contribution in [0.2, 0.25) is 0 Å². The van der Waals surface area contributed by atoms with Crippen LogP contribution in [-0.2, 0) is 9.59 Å². The average Bonchev–Trinajstić information content (AvgIpc) is 2.59. The van der Waals surface area contributed by atoms with E-state index in [0.29, 0.717) is 5.75 Å². The van der Waals surface area contributed by atoms with Gasteiger partial charge in [0.1, 0.15) is 5.75 Å². The third kappa shape index (κ3) is 5.80. The number of hydrogen-bond donors (Lipinski definition) is 2. The first-order valence-corrected chi connectivity index (χ1v) is 7.65. The summed E-state index contributed by atoms with van der Waals surface area (Å²) < 4.78 is 24.0. The van der Waals surface area contributed by atoms with Crippen molar-refractivity contribution in [3.8, 4) is 11.5 Å². The maximum absolute atomic E-state index is 13.5. The van der Waals surface area contributed by atoms with Crippen LogP contribution >= 0.6 is 0 Å². The van der Waals surface area contributed by atoms with E-state index in [1.807, 2.05) is 19.1 Å². The fraction of sp³-hybridized carbons (Fsp3) is 0.222. The largest absolute Gasteiger partial charge is 0.484 e. The molecule has 0 aliphatic heterocycles. The number of para-hydroxylation sites is 1. The third-order valence-corrected chi connectivity index (χ3v) is 3.19. The number of ether oxygens (including phenoxy) is 2. The highest BCUT2D eigenvalue weighted by Gasteiger charge is 2.17. The molecule has 132 valence electrons. The van der Waals surface area contributed by atoms with E-state index in [1.165, 1.54) is 25.1 Å². The van der Waals surface area contributed by atoms with E-state index in [1.54, 1.807) is 18.2 Å². The standard InChI is InChI=1S/C18H19FN2O4/c1-12-6-5-7-14(10-12)24-11-17(22)20-21-18(23)13(2)25-16-9-4-3-8-15(16)19/h3-10,13H,11H2,1-2H3,(H,20,22)(H,21,23)/t13-/m0/s1. The Balaban J connectivity index is 1.75. The normalized spacial score (nSPS) is 11.3. The van der Waals surface area contributed by atoms with Crippen LogP contribution in [0.5, 0.6) is 11.5 Å². The van der Waals surface area contributed by atoms with E-state index in [-0.39, 0.29) is 12.4 Å². The van der Waals surface area contributed by atoms with Gasteiger partial charge in [-0.2, -0.15) is 0 Å². The first-order chi connectivity index (χ1) is 12.0. The highest BCUT2D eigenvalue weighted by molar-refractivity contribution is 5.85. The smallest absolute Gasteiger partial charge is 0.279 e. The molecule has 6 nitrogen and oxygen atoms in total. The Labute approximate surface area is 144 Å². The summed E-state index contributed by atoms with van der Waals surface area (Å²) in [5, 5.41) is 0. The Bertz CT molecular complexity index is 751. The number of hydrazine groups is 1. The van der Waals surface area contributed by atoms with Crippen LogP contribution in [0.3, 0.4) is 0 Å². The lowest BCUT2D eigenvalue weighted by molar-refractivity contribution is -0.133. The Morgan fingerprint density at radius 3 is 2.60 bits per heavy atom. The molecule has 0 fully saturated rings. The fourth-order valence-electron chi connectivity index (χ4n) is 1.91. The van der Waals surface area contributed by atoms with Gasteiger partial charge in [-0.1, -0.05) is 24.3 Å². The predicted octanol–water partition coefficient (Wildman–Crippen LogP) is 2.13. The molecule has 0 bridgehead atoms. The molecule has 0 saturated carbocycles. The van der Waals surface area contributed by atoms with Crippen LogP contribution in [0.4, 0.5) is 4.39 Å². The summed E-state index contributed by atoms with van der Waals surface area (Å²) in [6.07, 6.45) is -0.991. The van der Waals surface area contributed by atoms with Gasteiger partial charge < -0.3 is 9.47 Å². The summed E-state index contributed by atoms with van der Waals surface area (Å²) in [5.41, 5.74) is 5.42. The molecule has 1 atom stereocenters. The van der Waals surface area contributed by atoms with Gasteiger partial charge in [-0.25, -0.2) is 4.39 Å². The molecule has 2 aromatic carbocycles. The van der Waals surface area contributed by atoms with Crippen LogP contribution in [0.1, 0.15) is 12.5 Å². The monoisotopic (exact) mass is 346 g/mol. The van der Waals surface area contributed by atoms with Crippen molar-refractivity contribution in [3.63, 3.8) is 0 Å². The molecule has 25 heavy (non-hydrogen) atoms. The third-order valence-electron chi connectivity index (χ3n) is 3.19. The van der Waals surface area contributed by atoms with Crippen LogP contribution < -0.4 is 20.3 Å². The summed E-state index contributed by atoms with van der Waals surface area (Å²) in [5.74, 6) is -1.21. The van der Waals surface area contributed by atoms with Gasteiger partial charge in [0.05, 0.1) is 0 Å². The van der Waals surface area contributed by atoms with Gasteiger partial charge in [0.15, 0.2) is 24.3 Å². The number of halogens is 1. The maximum atomic E-state index is 13.5. The zero-order chi connectivity index (χ0) is 18.2. The molecule has 0 radical (unpaired) electrons. The van der Waals surface area contributed by atoms with Crippen molar-refractivity contribution < 1.29 is 23.5 Å². The second-order valence-electron chi connectivity index (χ2n) is 5.33. The van der Waals surface area contributed by atoms with E-state index < -0.39 is 23.7 Å². The lowest BCUT2D eigenvalue weighted by Crippen LogP contribution is -2.48. The first kappa shape index (κ1) is 18.3. The average molecular weight is 346 g/mol. The van der Waals surface area contributed by atoms with Crippen molar-refractivity contribution in [2.75, 3.05) is 6.61 Å². The quantitative estimate of drug-likeness (QED) is 0.786. The van der Waals surface area contributed by atoms with Crippen molar-refractivity contribution in [2.45, 2.75) is 20.0 Å². The van der Waals surface area contributed by atoms with Crippen LogP contribution in [0, 0.1) is 12.7 Å². The second kappa shape index (κ2) is 8.68. The lowest BCUT2D eigenvalue weighted by Gasteiger charge is -2.15. The molecule has 0 aromatic heterocycles. The fourth-order valence-corrected chi connectivity index (χ4v) is 1.91. The zero-order valence-electron chi connectivity index (χ0n) is 13.9. The van der Waals surface area contributed by atoms with Crippen molar-refractivity contribution in [1.29, 1.82) is 0 Å². The molecule has 2 rings (SSSR count). The number of rotatable bonds is 6. The Morgan fingerprint density at radius 2 is 1.88 bits per heavy atom. The van der Waals surface area contributed by atoms with Gasteiger partial charge in [-0.15, -0.1) is 0 Å². The van der Waals surface area contributed by atoms with Gasteiger partial charge in [0, 0.05) is 0 Å². The van der Waals surface area contributed by atoms with E-state index in [9.17, 15) is 14.0 Å². The van der Waals surface area contributed by atoms with Crippen molar-refractivity contribution in [3.05, 3.63) is 59.9 Å². The molecule has 7 heteroatoms. The van der Waals surface area contributed by atoms with Gasteiger partial charge in [0.25, 0.3) is 11.8 Å². The maximum Gasteiger partial charge on any atom is 0.279 e. The van der Waals surface area contributed by atoms with E-state index in [4.69, 9.17) is 9.47 Å². The molecule has 2 amide bonds. The molecule has 2 aromatic rings. The highest BCUT2D eigenvalue weighted by Crippen LogP contribution is 2.16. The Hall–Kier alpha value is -3.09. The predicted molar refractivity (Wildman–Crippen MR) is 89.4 cm³/mol. The second-order valence-corrected chi connectivity index (χ2v) is 5.33. The molecular formula is C18H19FN2O4. The molecule has 2 N–H and O–H groups in total. The lowest BCUT2D eigenvalue weighted by atomic mass is 10.2. The summed E-state index contributed by atoms with van der Waals surface area (Å²) in [4.78, 5) is 23.6. The SMILES string of the molecule is Cc1cccc(OCC(=O)NNC(=O)[C@H](C)Oc2ccccc2F)c1. The van der Waals surface area contributed by atoms with Crippen LogP contribution in [0.25, 0.3) is 0 Å². The molecule has 0 heterocycles. The van der Waals surface area contributed by atoms with Crippen molar-refractivity contribution >= 4 is 11.8 Å². The number of amides is 2. The minimum atomic E-state index is -0.991. The number of aryl methyl sites for hydroxylation is 1. The molecule has 0 aliphatic carbocycles. The Morgan fingerprint density at radius 1 is 1.12 bits per heavy atom. The number of benzene rings is 2. The Kier molecular flexibility index (Phi) is 6.33. The highest BCUT2D eigenvalue weighted by atomic mass is 19.1. The van der Waals surface area contributed by atoms with Crippen LogP contribution in [0.15, 0.2) is 48.5 Å². The van der Waals surface area contributed by atoms with E-state index in [2.05, 4.69) is 10.9 Å². The van der Waals surface area contributed by atoms with Gasteiger partial charge in [0.2, 0.25) is 0 Å². The minimum Gasteiger partial charge on any atom is -0.484 e. The number of carbonyl (C=O) groups excluding carboxylic acids is 2. The van der Waals surface area contributed by atoms with E-state index in [0.717, 1.165) is 5.56 Å². The van der Waals surface area contributed by atoms with Crippen LogP contribution in [-0.4, -0.2) is 24.5 Å². The zero-order valence-corrected chi connectivity index (χ0v) is 13.9. The molecule has 0 unspecified atom stereocenters. The summed E-state index contributed by atoms with van der Waals surface area (Å²) in [6.45, 7) is 3.09. The van der Waals surface area contributed by atoms with E-state index >= 15 is 0 Å². The van der Waals surface area contributed by atoms with Gasteiger partial charge in [-0.3, -0.25) is 20.4 Å². The molecule has 0 aliphatic rings. The summed E-state index contributed by atoms with van der Waals surface area (Å²) >= 11 is 0. The number of nitrogens with one attached hydrogen (secondary N) is 2. The van der Waals surface area contributed by atoms with Gasteiger partial charge in [-0.05, 0) is 43.7 Å². The van der Waals surface area contributed by atoms with Gasteiger partial charge >= 0.3 is 0 Å². The molecular weight excluding hydrogens is 327 g/mol. The molecule has 0 saturated heterocycles. The summed E-state index contributed by atoms with van der Waals surface area (Å²) in [6, 6.07) is 13.0. The van der Waals surface area contributed by atoms with Crippen molar-refractivity contribution in [1.82, 2.24) is 10.9 Å². The van der Waals surface area contributed by atoms with Crippen molar-refractivity contribution in [2.24, 2.45) is 0 Å².